The number of ether oxygens (including phenoxy) is 1. The lowest BCUT2D eigenvalue weighted by molar-refractivity contribution is 0.187. The number of nitrogens with one attached hydrogen (secondary N) is 1. The quantitative estimate of drug-likeness (QED) is 0.709. The van der Waals surface area contributed by atoms with Gasteiger partial charge in [-0.05, 0) is 12.1 Å². The highest BCUT2D eigenvalue weighted by Gasteiger charge is 2.09. The average Bonchev–Trinajstić information content (AvgIpc) is 2.55. The molecule has 0 atom stereocenters. The van der Waals surface area contributed by atoms with Gasteiger partial charge in [-0.25, -0.2) is 9.78 Å². The third-order valence-corrected chi connectivity index (χ3v) is 3.18. The van der Waals surface area contributed by atoms with Crippen molar-refractivity contribution in [3.8, 4) is 11.3 Å². The van der Waals surface area contributed by atoms with Crippen molar-refractivity contribution in [3.63, 3.8) is 0 Å². The highest BCUT2D eigenvalue weighted by molar-refractivity contribution is 5.95. The van der Waals surface area contributed by atoms with E-state index in [1.807, 2.05) is 30.3 Å². The molecular formula is C16H14N4O2. The van der Waals surface area contributed by atoms with Crippen molar-refractivity contribution in [2.24, 2.45) is 0 Å². The fourth-order valence-corrected chi connectivity index (χ4v) is 2.13. The van der Waals surface area contributed by atoms with Crippen LogP contribution >= 0.6 is 0 Å². The molecule has 0 bridgehead atoms. The Hall–Kier alpha value is -3.15. The standard InChI is InChI=1S/C16H14N4O2/c1-22-16(21)19-11-7-12(17)15-13(8-11)18-9-14(20-15)10-5-3-2-4-6-10/h2-9H,17H2,1H3,(H,19,21). The van der Waals surface area contributed by atoms with Crippen LogP contribution in [0.1, 0.15) is 0 Å². The van der Waals surface area contributed by atoms with Crippen LogP contribution in [0.15, 0.2) is 48.7 Å². The molecular weight excluding hydrogens is 280 g/mol. The van der Waals surface area contributed by atoms with Crippen LogP contribution in [0.2, 0.25) is 0 Å². The molecule has 0 aliphatic heterocycles. The molecule has 22 heavy (non-hydrogen) atoms. The van der Waals surface area contributed by atoms with Gasteiger partial charge >= 0.3 is 6.09 Å². The van der Waals surface area contributed by atoms with Crippen LogP contribution in [-0.4, -0.2) is 23.2 Å². The van der Waals surface area contributed by atoms with Gasteiger partial charge in [0.15, 0.2) is 0 Å². The number of rotatable bonds is 2. The Balaban J connectivity index is 2.05. The number of aromatic nitrogens is 2. The predicted molar refractivity (Wildman–Crippen MR) is 85.4 cm³/mol. The lowest BCUT2D eigenvalue weighted by Crippen LogP contribution is -2.11. The van der Waals surface area contributed by atoms with E-state index < -0.39 is 6.09 Å². The van der Waals surface area contributed by atoms with E-state index in [1.165, 1.54) is 7.11 Å². The largest absolute Gasteiger partial charge is 0.453 e. The van der Waals surface area contributed by atoms with E-state index in [-0.39, 0.29) is 0 Å². The van der Waals surface area contributed by atoms with Crippen molar-refractivity contribution in [1.29, 1.82) is 0 Å². The molecule has 2 aromatic carbocycles. The van der Waals surface area contributed by atoms with Gasteiger partial charge in [-0.15, -0.1) is 0 Å². The van der Waals surface area contributed by atoms with Gasteiger partial charge in [0.2, 0.25) is 0 Å². The first-order valence-corrected chi connectivity index (χ1v) is 6.64. The van der Waals surface area contributed by atoms with Gasteiger partial charge in [-0.1, -0.05) is 30.3 Å². The topological polar surface area (TPSA) is 90.1 Å². The lowest BCUT2D eigenvalue weighted by Gasteiger charge is -2.08. The van der Waals surface area contributed by atoms with E-state index in [1.54, 1.807) is 18.3 Å². The summed E-state index contributed by atoms with van der Waals surface area (Å²) in [7, 11) is 1.30. The number of fused-ring (bicyclic) bond motifs is 1. The number of nitrogens with two attached hydrogens (primary N) is 1. The second-order valence-corrected chi connectivity index (χ2v) is 4.67. The lowest BCUT2D eigenvalue weighted by atomic mass is 10.1. The molecule has 3 rings (SSSR count). The van der Waals surface area contributed by atoms with Crippen LogP contribution in [0.25, 0.3) is 22.3 Å². The van der Waals surface area contributed by atoms with E-state index in [4.69, 9.17) is 5.73 Å². The summed E-state index contributed by atoms with van der Waals surface area (Å²) in [5.74, 6) is 0. The van der Waals surface area contributed by atoms with Crippen molar-refractivity contribution in [3.05, 3.63) is 48.7 Å². The third kappa shape index (κ3) is 2.67. The first-order chi connectivity index (χ1) is 10.7. The molecule has 0 spiro atoms. The number of nitrogens with zero attached hydrogens (tertiary/aromatic N) is 2. The van der Waals surface area contributed by atoms with Crippen molar-refractivity contribution < 1.29 is 9.53 Å². The van der Waals surface area contributed by atoms with Crippen molar-refractivity contribution in [2.75, 3.05) is 18.2 Å². The predicted octanol–water partition coefficient (Wildman–Crippen LogP) is 3.06. The van der Waals surface area contributed by atoms with Gasteiger partial charge < -0.3 is 10.5 Å². The molecule has 3 aromatic rings. The van der Waals surface area contributed by atoms with Gasteiger partial charge in [0.1, 0.15) is 5.52 Å². The summed E-state index contributed by atoms with van der Waals surface area (Å²) in [5, 5.41) is 2.56. The van der Waals surface area contributed by atoms with Crippen LogP contribution in [0.4, 0.5) is 16.2 Å². The minimum Gasteiger partial charge on any atom is -0.453 e. The number of carbonyl (C=O) groups is 1. The Kier molecular flexibility index (Phi) is 3.57. The molecule has 0 aliphatic carbocycles. The van der Waals surface area contributed by atoms with E-state index in [0.29, 0.717) is 22.4 Å². The number of anilines is 2. The monoisotopic (exact) mass is 294 g/mol. The van der Waals surface area contributed by atoms with Crippen LogP contribution in [0.3, 0.4) is 0 Å². The Morgan fingerprint density at radius 3 is 2.73 bits per heavy atom. The Bertz CT molecular complexity index is 834. The minimum absolute atomic E-state index is 0.439. The maximum atomic E-state index is 11.3. The highest BCUT2D eigenvalue weighted by Crippen LogP contribution is 2.26. The molecule has 1 amide bonds. The molecule has 0 saturated carbocycles. The van der Waals surface area contributed by atoms with Gasteiger partial charge in [0.25, 0.3) is 0 Å². The maximum absolute atomic E-state index is 11.3. The molecule has 110 valence electrons. The summed E-state index contributed by atoms with van der Waals surface area (Å²) < 4.78 is 4.56. The SMILES string of the molecule is COC(=O)Nc1cc(N)c2nc(-c3ccccc3)cnc2c1. The van der Waals surface area contributed by atoms with Gasteiger partial charge in [0, 0.05) is 11.3 Å². The summed E-state index contributed by atoms with van der Waals surface area (Å²) in [6.07, 6.45) is 1.12. The number of carbonyl (C=O) groups excluding carboxylic acids is 1. The first-order valence-electron chi connectivity index (χ1n) is 6.64. The fraction of sp³-hybridized carbons (Fsp3) is 0.0625. The molecule has 0 saturated heterocycles. The normalized spacial score (nSPS) is 10.4. The minimum atomic E-state index is -0.562. The average molecular weight is 294 g/mol. The Morgan fingerprint density at radius 1 is 1.23 bits per heavy atom. The third-order valence-electron chi connectivity index (χ3n) is 3.18. The summed E-state index contributed by atoms with van der Waals surface area (Å²) in [6.45, 7) is 0. The summed E-state index contributed by atoms with van der Waals surface area (Å²) in [5.41, 5.74) is 9.89. The Morgan fingerprint density at radius 2 is 2.00 bits per heavy atom. The number of benzene rings is 2. The number of hydrogen-bond acceptors (Lipinski definition) is 5. The summed E-state index contributed by atoms with van der Waals surface area (Å²) in [4.78, 5) is 20.2. The molecule has 0 fully saturated rings. The first kappa shape index (κ1) is 13.8. The van der Waals surface area contributed by atoms with Gasteiger partial charge in [0.05, 0.1) is 30.2 Å². The van der Waals surface area contributed by atoms with Crippen molar-refractivity contribution in [1.82, 2.24) is 9.97 Å². The smallest absolute Gasteiger partial charge is 0.411 e. The van der Waals surface area contributed by atoms with Crippen LogP contribution < -0.4 is 11.1 Å². The molecule has 3 N–H and O–H groups in total. The number of amides is 1. The van der Waals surface area contributed by atoms with E-state index in [0.717, 1.165) is 11.3 Å². The summed E-state index contributed by atoms with van der Waals surface area (Å²) >= 11 is 0. The van der Waals surface area contributed by atoms with Crippen LogP contribution in [0.5, 0.6) is 0 Å². The zero-order valence-corrected chi connectivity index (χ0v) is 11.9. The van der Waals surface area contributed by atoms with Crippen LogP contribution in [0, 0.1) is 0 Å². The fourth-order valence-electron chi connectivity index (χ4n) is 2.13. The van der Waals surface area contributed by atoms with Crippen molar-refractivity contribution >= 4 is 28.5 Å². The molecule has 1 aromatic heterocycles. The number of nitrogen functional groups attached to an aromatic ring is 1. The second-order valence-electron chi connectivity index (χ2n) is 4.67. The zero-order chi connectivity index (χ0) is 15.5. The molecule has 6 nitrogen and oxygen atoms in total. The molecule has 6 heteroatoms. The second kappa shape index (κ2) is 5.69. The molecule has 1 heterocycles. The zero-order valence-electron chi connectivity index (χ0n) is 11.9. The van der Waals surface area contributed by atoms with Gasteiger partial charge in [-0.2, -0.15) is 0 Å². The maximum Gasteiger partial charge on any atom is 0.411 e. The van der Waals surface area contributed by atoms with E-state index >= 15 is 0 Å². The van der Waals surface area contributed by atoms with Gasteiger partial charge in [-0.3, -0.25) is 10.3 Å². The number of methoxy groups -OCH3 is 1. The molecule has 0 unspecified atom stereocenters. The van der Waals surface area contributed by atoms with Crippen LogP contribution in [-0.2, 0) is 4.74 Å². The van der Waals surface area contributed by atoms with E-state index in [9.17, 15) is 4.79 Å². The van der Waals surface area contributed by atoms with E-state index in [2.05, 4.69) is 20.0 Å². The summed E-state index contributed by atoms with van der Waals surface area (Å²) in [6, 6.07) is 13.1. The molecule has 0 radical (unpaired) electrons. The highest BCUT2D eigenvalue weighted by atomic mass is 16.5. The molecule has 0 aliphatic rings. The number of hydrogen-bond donors (Lipinski definition) is 2. The van der Waals surface area contributed by atoms with Crippen molar-refractivity contribution in [2.45, 2.75) is 0 Å². The Labute approximate surface area is 127 Å².